The van der Waals surface area contributed by atoms with Crippen molar-refractivity contribution in [1.29, 1.82) is 0 Å². The lowest BCUT2D eigenvalue weighted by Gasteiger charge is -2.22. The standard InChI is InChI=1S/C21H22ClN3O5/c1-5-30-18(27)16-11(2)17(23-12(16)3)15(26)10-25-19(28)21(4,24-20(25)29)13-7-6-8-14(22)9-13/h6-9,23H,5,10H2,1-4H3,(H,24,29). The summed E-state index contributed by atoms with van der Waals surface area (Å²) in [5.74, 6) is -1.59. The number of hydrogen-bond acceptors (Lipinski definition) is 5. The molecule has 1 aliphatic rings. The highest BCUT2D eigenvalue weighted by molar-refractivity contribution is 6.30. The lowest BCUT2D eigenvalue weighted by molar-refractivity contribution is -0.130. The van der Waals surface area contributed by atoms with Gasteiger partial charge in [0.05, 0.1) is 24.4 Å². The number of imide groups is 1. The molecule has 2 aromatic rings. The van der Waals surface area contributed by atoms with Crippen LogP contribution in [-0.4, -0.2) is 46.7 Å². The molecule has 9 heteroatoms. The zero-order valence-corrected chi connectivity index (χ0v) is 17.8. The van der Waals surface area contributed by atoms with Gasteiger partial charge in [0.2, 0.25) is 0 Å². The lowest BCUT2D eigenvalue weighted by atomic mass is 9.92. The molecular weight excluding hydrogens is 410 g/mol. The number of rotatable bonds is 6. The number of halogens is 1. The Morgan fingerprint density at radius 3 is 2.57 bits per heavy atom. The van der Waals surface area contributed by atoms with Crippen molar-refractivity contribution in [3.8, 4) is 0 Å². The SMILES string of the molecule is CCOC(=O)c1c(C)[nH]c(C(=O)CN2C(=O)NC(C)(c3cccc(Cl)c3)C2=O)c1C. The fraction of sp³-hybridized carbons (Fsp3) is 0.333. The maximum Gasteiger partial charge on any atom is 0.340 e. The van der Waals surface area contributed by atoms with Gasteiger partial charge in [0.1, 0.15) is 5.54 Å². The Morgan fingerprint density at radius 2 is 1.93 bits per heavy atom. The van der Waals surface area contributed by atoms with Crippen LogP contribution in [0.2, 0.25) is 5.02 Å². The quantitative estimate of drug-likeness (QED) is 0.415. The molecule has 0 bridgehead atoms. The van der Waals surface area contributed by atoms with Crippen LogP contribution in [0.25, 0.3) is 0 Å². The molecule has 1 aromatic heterocycles. The van der Waals surface area contributed by atoms with Crippen molar-refractivity contribution in [1.82, 2.24) is 15.2 Å². The van der Waals surface area contributed by atoms with Crippen molar-refractivity contribution < 1.29 is 23.9 Å². The molecule has 3 rings (SSSR count). The number of urea groups is 1. The van der Waals surface area contributed by atoms with Gasteiger partial charge >= 0.3 is 12.0 Å². The van der Waals surface area contributed by atoms with Crippen molar-refractivity contribution in [2.45, 2.75) is 33.2 Å². The molecule has 1 aromatic carbocycles. The van der Waals surface area contributed by atoms with E-state index < -0.39 is 35.8 Å². The molecule has 1 saturated heterocycles. The summed E-state index contributed by atoms with van der Waals surface area (Å²) in [6.45, 7) is 6.26. The minimum absolute atomic E-state index is 0.160. The molecular formula is C21H22ClN3O5. The Kier molecular flexibility index (Phi) is 5.72. The number of benzene rings is 1. The number of ether oxygens (including phenoxy) is 1. The van der Waals surface area contributed by atoms with Crippen molar-refractivity contribution in [3.63, 3.8) is 0 Å². The summed E-state index contributed by atoms with van der Waals surface area (Å²) in [7, 11) is 0. The number of nitrogens with one attached hydrogen (secondary N) is 2. The van der Waals surface area contributed by atoms with Crippen LogP contribution in [0.4, 0.5) is 4.79 Å². The van der Waals surface area contributed by atoms with Gasteiger partial charge in [-0.15, -0.1) is 0 Å². The average Bonchev–Trinajstić information content (AvgIpc) is 3.10. The third-order valence-electron chi connectivity index (χ3n) is 5.17. The Hall–Kier alpha value is -3.13. The highest BCUT2D eigenvalue weighted by Crippen LogP contribution is 2.30. The van der Waals surface area contributed by atoms with Crippen LogP contribution in [0.15, 0.2) is 24.3 Å². The predicted molar refractivity (Wildman–Crippen MR) is 110 cm³/mol. The summed E-state index contributed by atoms with van der Waals surface area (Å²) in [5.41, 5.74) is 0.517. The van der Waals surface area contributed by atoms with Crippen molar-refractivity contribution >= 4 is 35.3 Å². The molecule has 30 heavy (non-hydrogen) atoms. The number of aryl methyl sites for hydroxylation is 1. The van der Waals surface area contributed by atoms with E-state index in [0.29, 0.717) is 21.8 Å². The average molecular weight is 432 g/mol. The lowest BCUT2D eigenvalue weighted by Crippen LogP contribution is -2.41. The molecule has 3 amide bonds. The summed E-state index contributed by atoms with van der Waals surface area (Å²) in [4.78, 5) is 54.3. The van der Waals surface area contributed by atoms with E-state index in [1.54, 1.807) is 52.0 Å². The van der Waals surface area contributed by atoms with Crippen LogP contribution in [0.5, 0.6) is 0 Å². The number of carbonyl (C=O) groups is 4. The Morgan fingerprint density at radius 1 is 1.23 bits per heavy atom. The van der Waals surface area contributed by atoms with Crippen molar-refractivity contribution in [2.75, 3.05) is 13.2 Å². The fourth-order valence-corrected chi connectivity index (χ4v) is 3.79. The smallest absolute Gasteiger partial charge is 0.340 e. The second-order valence-corrected chi connectivity index (χ2v) is 7.66. The first-order valence-corrected chi connectivity index (χ1v) is 9.77. The molecule has 2 N–H and O–H groups in total. The molecule has 0 spiro atoms. The Bertz CT molecular complexity index is 1060. The topological polar surface area (TPSA) is 109 Å². The molecule has 0 aliphatic carbocycles. The van der Waals surface area contributed by atoms with Gasteiger partial charge in [0, 0.05) is 10.7 Å². The molecule has 0 radical (unpaired) electrons. The second-order valence-electron chi connectivity index (χ2n) is 7.23. The van der Waals surface area contributed by atoms with Crippen molar-refractivity contribution in [2.24, 2.45) is 0 Å². The third kappa shape index (κ3) is 3.59. The van der Waals surface area contributed by atoms with E-state index in [9.17, 15) is 19.2 Å². The predicted octanol–water partition coefficient (Wildman–Crippen LogP) is 3.11. The van der Waals surface area contributed by atoms with Crippen molar-refractivity contribution in [3.05, 3.63) is 57.4 Å². The van der Waals surface area contributed by atoms with Gasteiger partial charge in [0.25, 0.3) is 5.91 Å². The minimum atomic E-state index is -1.33. The molecule has 1 unspecified atom stereocenters. The van der Waals surface area contributed by atoms with Gasteiger partial charge in [0.15, 0.2) is 5.78 Å². The number of amides is 3. The van der Waals surface area contributed by atoms with E-state index in [1.165, 1.54) is 0 Å². The van der Waals surface area contributed by atoms with Gasteiger partial charge in [-0.2, -0.15) is 0 Å². The number of carbonyl (C=O) groups excluding carboxylic acids is 4. The monoisotopic (exact) mass is 431 g/mol. The van der Waals surface area contributed by atoms with Crippen LogP contribution < -0.4 is 5.32 Å². The first-order valence-electron chi connectivity index (χ1n) is 9.39. The maximum atomic E-state index is 13.0. The van der Waals surface area contributed by atoms with Crippen LogP contribution in [0.3, 0.4) is 0 Å². The number of aromatic amines is 1. The van der Waals surface area contributed by atoms with Gasteiger partial charge in [-0.05, 0) is 51.0 Å². The summed E-state index contributed by atoms with van der Waals surface area (Å²) >= 11 is 6.02. The largest absolute Gasteiger partial charge is 0.462 e. The zero-order valence-electron chi connectivity index (χ0n) is 17.1. The van der Waals surface area contributed by atoms with Crippen LogP contribution in [0.1, 0.15) is 51.5 Å². The Balaban J connectivity index is 1.86. The van der Waals surface area contributed by atoms with Crippen LogP contribution in [-0.2, 0) is 15.1 Å². The number of ketones is 1. The second kappa shape index (κ2) is 7.95. The normalized spacial score (nSPS) is 18.5. The van der Waals surface area contributed by atoms with Gasteiger partial charge in [-0.25, -0.2) is 9.59 Å². The number of esters is 1. The first-order chi connectivity index (χ1) is 14.1. The maximum absolute atomic E-state index is 13.0. The van der Waals surface area contributed by atoms with Gasteiger partial charge < -0.3 is 15.0 Å². The molecule has 2 heterocycles. The summed E-state index contributed by atoms with van der Waals surface area (Å²) in [6.07, 6.45) is 0. The zero-order chi connectivity index (χ0) is 22.2. The Labute approximate surface area is 178 Å². The molecule has 0 saturated carbocycles. The highest BCUT2D eigenvalue weighted by atomic mass is 35.5. The van der Waals surface area contributed by atoms with E-state index >= 15 is 0 Å². The summed E-state index contributed by atoms with van der Waals surface area (Å²) in [6, 6.07) is 5.93. The minimum Gasteiger partial charge on any atom is -0.462 e. The van der Waals surface area contributed by atoms with Crippen LogP contribution >= 0.6 is 11.6 Å². The number of H-pyrrole nitrogens is 1. The number of aromatic nitrogens is 1. The molecule has 158 valence electrons. The van der Waals surface area contributed by atoms with Crippen LogP contribution in [0, 0.1) is 13.8 Å². The molecule has 8 nitrogen and oxygen atoms in total. The van der Waals surface area contributed by atoms with E-state index in [1.807, 2.05) is 0 Å². The van der Waals surface area contributed by atoms with E-state index in [4.69, 9.17) is 16.3 Å². The first kappa shape index (κ1) is 21.6. The summed E-state index contributed by atoms with van der Waals surface area (Å²) in [5, 5.41) is 3.06. The van der Waals surface area contributed by atoms with Gasteiger partial charge in [-0.3, -0.25) is 14.5 Å². The third-order valence-corrected chi connectivity index (χ3v) is 5.41. The van der Waals surface area contributed by atoms with E-state index in [-0.39, 0.29) is 17.9 Å². The molecule has 1 fully saturated rings. The van der Waals surface area contributed by atoms with E-state index in [0.717, 1.165) is 4.90 Å². The number of nitrogens with zero attached hydrogens (tertiary/aromatic N) is 1. The molecule has 1 aliphatic heterocycles. The highest BCUT2D eigenvalue weighted by Gasteiger charge is 2.49. The van der Waals surface area contributed by atoms with E-state index in [2.05, 4.69) is 10.3 Å². The summed E-state index contributed by atoms with van der Waals surface area (Å²) < 4.78 is 5.03. The number of hydrogen-bond donors (Lipinski definition) is 2. The van der Waals surface area contributed by atoms with Gasteiger partial charge in [-0.1, -0.05) is 23.7 Å². The fourth-order valence-electron chi connectivity index (χ4n) is 3.60. The number of Topliss-reactive ketones (excluding diaryl/α,β-unsaturated/α-hetero) is 1. The molecule has 1 atom stereocenters.